The van der Waals surface area contributed by atoms with Gasteiger partial charge in [0.05, 0.1) is 0 Å². The number of halogens is 1. The van der Waals surface area contributed by atoms with E-state index in [-0.39, 0.29) is 11.8 Å². The number of nitrogens with one attached hydrogen (secondary N) is 3. The molecule has 2 aliphatic rings. The predicted octanol–water partition coefficient (Wildman–Crippen LogP) is 2.87. The van der Waals surface area contributed by atoms with Gasteiger partial charge in [-0.1, -0.05) is 18.5 Å². The van der Waals surface area contributed by atoms with Gasteiger partial charge in [0.1, 0.15) is 6.04 Å². The van der Waals surface area contributed by atoms with Crippen LogP contribution in [-0.2, 0) is 24.1 Å². The molecule has 26 heavy (non-hydrogen) atoms. The van der Waals surface area contributed by atoms with Gasteiger partial charge < -0.3 is 10.6 Å². The van der Waals surface area contributed by atoms with Gasteiger partial charge in [-0.15, -0.1) is 0 Å². The third kappa shape index (κ3) is 3.21. The molecule has 1 aliphatic carbocycles. The highest BCUT2D eigenvalue weighted by molar-refractivity contribution is 6.30. The molecule has 1 aromatic carbocycles. The number of benzene rings is 1. The molecule has 2 unspecified atom stereocenters. The van der Waals surface area contributed by atoms with Crippen molar-refractivity contribution >= 4 is 29.1 Å². The molecule has 3 N–H and O–H groups in total. The molecule has 0 saturated heterocycles. The normalized spacial score (nSPS) is 22.0. The van der Waals surface area contributed by atoms with Crippen molar-refractivity contribution in [2.24, 2.45) is 5.92 Å². The summed E-state index contributed by atoms with van der Waals surface area (Å²) in [6.45, 7) is 2.18. The zero-order valence-corrected chi connectivity index (χ0v) is 15.3. The Morgan fingerprint density at radius 1 is 1.31 bits per heavy atom. The summed E-state index contributed by atoms with van der Waals surface area (Å²) < 4.78 is 0. The molecule has 4 rings (SSSR count). The average Bonchev–Trinajstić information content (AvgIpc) is 2.96. The van der Waals surface area contributed by atoms with E-state index in [4.69, 9.17) is 11.6 Å². The van der Waals surface area contributed by atoms with E-state index < -0.39 is 6.04 Å². The number of nitrogens with zero attached hydrogens (tertiary/aromatic N) is 1. The summed E-state index contributed by atoms with van der Waals surface area (Å²) in [6.07, 6.45) is 4.04. The van der Waals surface area contributed by atoms with E-state index in [2.05, 4.69) is 27.8 Å². The summed E-state index contributed by atoms with van der Waals surface area (Å²) in [7, 11) is 0. The maximum atomic E-state index is 12.7. The Bertz CT molecular complexity index is 876. The first kappa shape index (κ1) is 17.1. The van der Waals surface area contributed by atoms with Crippen LogP contribution in [0.5, 0.6) is 0 Å². The Morgan fingerprint density at radius 2 is 2.15 bits per heavy atom. The van der Waals surface area contributed by atoms with Gasteiger partial charge >= 0.3 is 0 Å². The molecular formula is C19H21ClN4O2. The molecule has 2 atom stereocenters. The monoisotopic (exact) mass is 372 g/mol. The largest absolute Gasteiger partial charge is 0.339 e. The van der Waals surface area contributed by atoms with Crippen LogP contribution in [0.4, 0.5) is 5.69 Å². The van der Waals surface area contributed by atoms with Crippen LogP contribution in [-0.4, -0.2) is 28.1 Å². The van der Waals surface area contributed by atoms with Gasteiger partial charge in [0.15, 0.2) is 5.69 Å². The Morgan fingerprint density at radius 3 is 3.00 bits per heavy atom. The summed E-state index contributed by atoms with van der Waals surface area (Å²) in [5.74, 6) is 0.0324. The molecule has 6 nitrogen and oxygen atoms in total. The number of aromatic nitrogens is 2. The Hall–Kier alpha value is -2.34. The molecule has 2 aromatic rings. The van der Waals surface area contributed by atoms with Crippen molar-refractivity contribution < 1.29 is 9.59 Å². The minimum Gasteiger partial charge on any atom is -0.339 e. The van der Waals surface area contributed by atoms with Gasteiger partial charge in [0, 0.05) is 22.0 Å². The Kier molecular flexibility index (Phi) is 4.44. The second-order valence-corrected chi connectivity index (χ2v) is 7.67. The number of hydrogen-bond acceptors (Lipinski definition) is 3. The van der Waals surface area contributed by atoms with Gasteiger partial charge in [0.2, 0.25) is 5.91 Å². The van der Waals surface area contributed by atoms with Crippen LogP contribution in [0.1, 0.15) is 47.1 Å². The minimum atomic E-state index is -0.595. The van der Waals surface area contributed by atoms with E-state index >= 15 is 0 Å². The highest BCUT2D eigenvalue weighted by atomic mass is 35.5. The molecular weight excluding hydrogens is 352 g/mol. The molecule has 1 aromatic heterocycles. The summed E-state index contributed by atoms with van der Waals surface area (Å²) in [6, 6.07) is 4.80. The van der Waals surface area contributed by atoms with Gasteiger partial charge in [-0.3, -0.25) is 14.7 Å². The Labute approximate surface area is 156 Å². The van der Waals surface area contributed by atoms with Crippen LogP contribution in [0, 0.1) is 5.92 Å². The van der Waals surface area contributed by atoms with Gasteiger partial charge in [0.25, 0.3) is 5.91 Å². The maximum absolute atomic E-state index is 12.7. The second-order valence-electron chi connectivity index (χ2n) is 7.23. The van der Waals surface area contributed by atoms with Crippen molar-refractivity contribution in [1.29, 1.82) is 0 Å². The minimum absolute atomic E-state index is 0.211. The smallest absolute Gasteiger partial charge is 0.272 e. The van der Waals surface area contributed by atoms with Gasteiger partial charge in [-0.05, 0) is 61.8 Å². The van der Waals surface area contributed by atoms with Crippen molar-refractivity contribution in [2.45, 2.75) is 45.1 Å². The lowest BCUT2D eigenvalue weighted by Crippen LogP contribution is -2.43. The number of H-pyrrole nitrogens is 1. The highest BCUT2D eigenvalue weighted by Crippen LogP contribution is 2.27. The van der Waals surface area contributed by atoms with Crippen LogP contribution in [0.3, 0.4) is 0 Å². The topological polar surface area (TPSA) is 86.9 Å². The van der Waals surface area contributed by atoms with Crippen LogP contribution in [0.15, 0.2) is 18.2 Å². The number of amides is 2. The van der Waals surface area contributed by atoms with Gasteiger partial charge in [-0.25, -0.2) is 0 Å². The van der Waals surface area contributed by atoms with Crippen molar-refractivity contribution in [3.05, 3.63) is 45.7 Å². The summed E-state index contributed by atoms with van der Waals surface area (Å²) in [5, 5.41) is 13.6. The first-order valence-electron chi connectivity index (χ1n) is 8.97. The number of rotatable bonds is 2. The quantitative estimate of drug-likeness (QED) is 0.757. The molecule has 7 heteroatoms. The number of carbonyl (C=O) groups is 2. The molecule has 0 saturated carbocycles. The second kappa shape index (κ2) is 6.76. The summed E-state index contributed by atoms with van der Waals surface area (Å²) in [5.41, 5.74) is 4.19. The number of anilines is 1. The SMILES string of the molecule is CC1CCc2[nH]nc(C(=O)NC3CCc4cc(Cl)ccc4NC3=O)c2C1. The molecule has 0 radical (unpaired) electrons. The van der Waals surface area contributed by atoms with Crippen molar-refractivity contribution in [3.8, 4) is 0 Å². The van der Waals surface area contributed by atoms with E-state index in [0.29, 0.717) is 29.5 Å². The zero-order chi connectivity index (χ0) is 18.3. The van der Waals surface area contributed by atoms with Crippen LogP contribution < -0.4 is 10.6 Å². The molecule has 136 valence electrons. The number of aryl methyl sites for hydroxylation is 2. The van der Waals surface area contributed by atoms with Crippen LogP contribution in [0.2, 0.25) is 5.02 Å². The highest BCUT2D eigenvalue weighted by Gasteiger charge is 2.29. The van der Waals surface area contributed by atoms with E-state index in [0.717, 1.165) is 41.8 Å². The van der Waals surface area contributed by atoms with Gasteiger partial charge in [-0.2, -0.15) is 5.10 Å². The molecule has 2 amide bonds. The number of fused-ring (bicyclic) bond motifs is 2. The number of hydrogen-bond donors (Lipinski definition) is 3. The van der Waals surface area contributed by atoms with Crippen molar-refractivity contribution in [3.63, 3.8) is 0 Å². The van der Waals surface area contributed by atoms with E-state index in [1.165, 1.54) is 0 Å². The third-order valence-electron chi connectivity index (χ3n) is 5.26. The third-order valence-corrected chi connectivity index (χ3v) is 5.49. The molecule has 2 heterocycles. The lowest BCUT2D eigenvalue weighted by molar-refractivity contribution is -0.118. The first-order valence-corrected chi connectivity index (χ1v) is 9.35. The van der Waals surface area contributed by atoms with E-state index in [1.54, 1.807) is 12.1 Å². The Balaban J connectivity index is 1.50. The number of aromatic amines is 1. The fraction of sp³-hybridized carbons (Fsp3) is 0.421. The van der Waals surface area contributed by atoms with Crippen LogP contribution >= 0.6 is 11.6 Å². The molecule has 0 bridgehead atoms. The molecule has 0 fully saturated rings. The summed E-state index contributed by atoms with van der Waals surface area (Å²) >= 11 is 6.04. The summed E-state index contributed by atoms with van der Waals surface area (Å²) in [4.78, 5) is 25.3. The fourth-order valence-corrected chi connectivity index (χ4v) is 3.96. The fourth-order valence-electron chi connectivity index (χ4n) is 3.76. The van der Waals surface area contributed by atoms with Crippen LogP contribution in [0.25, 0.3) is 0 Å². The predicted molar refractivity (Wildman–Crippen MR) is 99.4 cm³/mol. The molecule has 1 aliphatic heterocycles. The van der Waals surface area contributed by atoms with E-state index in [1.807, 2.05) is 6.07 Å². The zero-order valence-electron chi connectivity index (χ0n) is 14.6. The maximum Gasteiger partial charge on any atom is 0.272 e. The standard InChI is InChI=1S/C19H21ClN4O2/c1-10-2-5-15-13(8-10)17(24-23-15)19(26)22-16-6-3-11-9-12(20)4-7-14(11)21-18(16)25/h4,7,9-10,16H,2-3,5-6,8H2,1H3,(H,21,25)(H,22,26)(H,23,24). The first-order chi connectivity index (χ1) is 12.5. The lowest BCUT2D eigenvalue weighted by atomic mass is 9.87. The lowest BCUT2D eigenvalue weighted by Gasteiger charge is -2.19. The van der Waals surface area contributed by atoms with E-state index in [9.17, 15) is 9.59 Å². The van der Waals surface area contributed by atoms with Crippen molar-refractivity contribution in [1.82, 2.24) is 15.5 Å². The average molecular weight is 373 g/mol. The van der Waals surface area contributed by atoms with Crippen molar-refractivity contribution in [2.75, 3.05) is 5.32 Å². The number of carbonyl (C=O) groups excluding carboxylic acids is 2. The molecule has 0 spiro atoms.